The largest absolute Gasteiger partial charge is 0.304 e. The number of hydrogen-bond donors (Lipinski definition) is 1. The van der Waals surface area contributed by atoms with Gasteiger partial charge >= 0.3 is 0 Å². The van der Waals surface area contributed by atoms with E-state index < -0.39 is 0 Å². The molecule has 0 saturated carbocycles. The van der Waals surface area contributed by atoms with Gasteiger partial charge in [-0.05, 0) is 24.6 Å². The zero-order valence-corrected chi connectivity index (χ0v) is 10.9. The number of nitrogens with one attached hydrogen (secondary N) is 1. The van der Waals surface area contributed by atoms with Crippen LogP contribution >= 0.6 is 22.9 Å². The molecular weight excluding hydrogens is 259 g/mol. The Balaban J connectivity index is 1.96. The molecule has 0 amide bonds. The minimum atomic E-state index is -0.382. The average molecular weight is 271 g/mol. The van der Waals surface area contributed by atoms with E-state index in [1.807, 2.05) is 18.4 Å². The summed E-state index contributed by atoms with van der Waals surface area (Å²) in [6, 6.07) is 4.99. The molecule has 0 aliphatic rings. The van der Waals surface area contributed by atoms with E-state index in [0.717, 1.165) is 10.6 Å². The van der Waals surface area contributed by atoms with E-state index in [-0.39, 0.29) is 16.9 Å². The summed E-state index contributed by atoms with van der Waals surface area (Å²) in [5, 5.41) is 6.41. The van der Waals surface area contributed by atoms with Crippen molar-refractivity contribution in [3.63, 3.8) is 0 Å². The van der Waals surface area contributed by atoms with Crippen LogP contribution in [0.3, 0.4) is 0 Å². The first-order valence-corrected chi connectivity index (χ1v) is 6.49. The molecular formula is C12H12ClFN2S. The molecule has 0 spiro atoms. The van der Waals surface area contributed by atoms with E-state index in [1.165, 1.54) is 6.07 Å². The quantitative estimate of drug-likeness (QED) is 0.914. The Bertz CT molecular complexity index is 487. The third kappa shape index (κ3) is 3.25. The van der Waals surface area contributed by atoms with Gasteiger partial charge in [0, 0.05) is 18.1 Å². The second-order valence-electron chi connectivity index (χ2n) is 3.72. The molecule has 0 aliphatic heterocycles. The van der Waals surface area contributed by atoms with Crippen LogP contribution in [0.25, 0.3) is 0 Å². The second kappa shape index (κ2) is 5.58. The van der Waals surface area contributed by atoms with Crippen molar-refractivity contribution in [2.75, 3.05) is 0 Å². The summed E-state index contributed by atoms with van der Waals surface area (Å²) in [5.41, 5.74) is 0.871. The SMILES string of the molecule is CC(NCc1ccc(Cl)c(F)c1)c1nccs1. The molecule has 1 N–H and O–H groups in total. The maximum atomic E-state index is 13.2. The van der Waals surface area contributed by atoms with Crippen molar-refractivity contribution < 1.29 is 4.39 Å². The van der Waals surface area contributed by atoms with Gasteiger partial charge in [0.15, 0.2) is 0 Å². The van der Waals surface area contributed by atoms with E-state index in [2.05, 4.69) is 10.3 Å². The van der Waals surface area contributed by atoms with Crippen LogP contribution in [-0.4, -0.2) is 4.98 Å². The lowest BCUT2D eigenvalue weighted by atomic mass is 10.2. The molecule has 1 aromatic heterocycles. The van der Waals surface area contributed by atoms with Crippen LogP contribution in [-0.2, 0) is 6.54 Å². The van der Waals surface area contributed by atoms with Crippen molar-refractivity contribution >= 4 is 22.9 Å². The van der Waals surface area contributed by atoms with Gasteiger partial charge in [0.2, 0.25) is 0 Å². The molecule has 5 heteroatoms. The fourth-order valence-electron chi connectivity index (χ4n) is 1.46. The highest BCUT2D eigenvalue weighted by atomic mass is 35.5. The Hall–Kier alpha value is -0.970. The predicted molar refractivity (Wildman–Crippen MR) is 68.8 cm³/mol. The fourth-order valence-corrected chi connectivity index (χ4v) is 2.24. The fraction of sp³-hybridized carbons (Fsp3) is 0.250. The molecule has 0 fully saturated rings. The van der Waals surface area contributed by atoms with E-state index in [4.69, 9.17) is 11.6 Å². The summed E-state index contributed by atoms with van der Waals surface area (Å²) in [4.78, 5) is 4.22. The first kappa shape index (κ1) is 12.5. The Morgan fingerprint density at radius 2 is 2.35 bits per heavy atom. The number of rotatable bonds is 4. The van der Waals surface area contributed by atoms with Crippen molar-refractivity contribution in [3.05, 3.63) is 51.2 Å². The summed E-state index contributed by atoms with van der Waals surface area (Å²) in [6.45, 7) is 2.62. The van der Waals surface area contributed by atoms with Gasteiger partial charge in [-0.15, -0.1) is 11.3 Å². The van der Waals surface area contributed by atoms with Gasteiger partial charge in [0.25, 0.3) is 0 Å². The second-order valence-corrected chi connectivity index (χ2v) is 5.05. The summed E-state index contributed by atoms with van der Waals surface area (Å²) in [7, 11) is 0. The lowest BCUT2D eigenvalue weighted by molar-refractivity contribution is 0.567. The van der Waals surface area contributed by atoms with Gasteiger partial charge in [-0.1, -0.05) is 17.7 Å². The molecule has 2 rings (SSSR count). The van der Waals surface area contributed by atoms with Gasteiger partial charge in [-0.2, -0.15) is 0 Å². The number of benzene rings is 1. The molecule has 1 atom stereocenters. The van der Waals surface area contributed by atoms with Crippen LogP contribution in [0.5, 0.6) is 0 Å². The average Bonchev–Trinajstić information content (AvgIpc) is 2.84. The Morgan fingerprint density at radius 3 is 3.00 bits per heavy atom. The standard InChI is InChI=1S/C12H12ClFN2S/c1-8(12-15-4-5-17-12)16-7-9-2-3-10(13)11(14)6-9/h2-6,8,16H,7H2,1H3. The number of halogens is 2. The van der Waals surface area contributed by atoms with Gasteiger partial charge in [-0.3, -0.25) is 0 Å². The van der Waals surface area contributed by atoms with E-state index in [9.17, 15) is 4.39 Å². The highest BCUT2D eigenvalue weighted by molar-refractivity contribution is 7.09. The zero-order valence-electron chi connectivity index (χ0n) is 9.28. The molecule has 1 aromatic carbocycles. The molecule has 0 radical (unpaired) electrons. The molecule has 1 heterocycles. The summed E-state index contributed by atoms with van der Waals surface area (Å²) < 4.78 is 13.2. The maximum Gasteiger partial charge on any atom is 0.142 e. The number of aromatic nitrogens is 1. The number of nitrogens with zero attached hydrogens (tertiary/aromatic N) is 1. The number of hydrogen-bond acceptors (Lipinski definition) is 3. The van der Waals surface area contributed by atoms with Crippen molar-refractivity contribution in [2.24, 2.45) is 0 Å². The van der Waals surface area contributed by atoms with Crippen LogP contribution < -0.4 is 5.32 Å². The van der Waals surface area contributed by atoms with Gasteiger partial charge in [0.1, 0.15) is 10.8 Å². The van der Waals surface area contributed by atoms with Gasteiger partial charge < -0.3 is 5.32 Å². The summed E-state index contributed by atoms with van der Waals surface area (Å²) in [6.07, 6.45) is 1.78. The van der Waals surface area contributed by atoms with E-state index in [0.29, 0.717) is 6.54 Å². The topological polar surface area (TPSA) is 24.9 Å². The van der Waals surface area contributed by atoms with Crippen molar-refractivity contribution in [1.82, 2.24) is 10.3 Å². The van der Waals surface area contributed by atoms with Crippen LogP contribution in [0.2, 0.25) is 5.02 Å². The minimum Gasteiger partial charge on any atom is -0.304 e. The van der Waals surface area contributed by atoms with Gasteiger partial charge in [-0.25, -0.2) is 9.37 Å². The zero-order chi connectivity index (χ0) is 12.3. The predicted octanol–water partition coefficient (Wildman–Crippen LogP) is 3.79. The first-order chi connectivity index (χ1) is 8.16. The highest BCUT2D eigenvalue weighted by Crippen LogP contribution is 2.18. The Labute approximate surface area is 108 Å². The lowest BCUT2D eigenvalue weighted by Crippen LogP contribution is -2.17. The molecule has 0 bridgehead atoms. The number of thiazole rings is 1. The Kier molecular flexibility index (Phi) is 4.10. The molecule has 0 aliphatic carbocycles. The van der Waals surface area contributed by atoms with Crippen LogP contribution in [0.1, 0.15) is 23.5 Å². The molecule has 0 saturated heterocycles. The maximum absolute atomic E-state index is 13.2. The summed E-state index contributed by atoms with van der Waals surface area (Å²) >= 11 is 7.22. The van der Waals surface area contributed by atoms with E-state index >= 15 is 0 Å². The molecule has 90 valence electrons. The Morgan fingerprint density at radius 1 is 1.53 bits per heavy atom. The normalized spacial score (nSPS) is 12.6. The third-order valence-corrected chi connectivity index (χ3v) is 3.68. The molecule has 2 aromatic rings. The van der Waals surface area contributed by atoms with Crippen molar-refractivity contribution in [1.29, 1.82) is 0 Å². The van der Waals surface area contributed by atoms with Crippen LogP contribution in [0.15, 0.2) is 29.8 Å². The van der Waals surface area contributed by atoms with Crippen LogP contribution in [0, 0.1) is 5.82 Å². The first-order valence-electron chi connectivity index (χ1n) is 5.23. The third-order valence-electron chi connectivity index (χ3n) is 2.42. The van der Waals surface area contributed by atoms with E-state index in [1.54, 1.807) is 23.6 Å². The molecule has 17 heavy (non-hydrogen) atoms. The minimum absolute atomic E-state index is 0.154. The lowest BCUT2D eigenvalue weighted by Gasteiger charge is -2.11. The van der Waals surface area contributed by atoms with Gasteiger partial charge in [0.05, 0.1) is 11.1 Å². The molecule has 2 nitrogen and oxygen atoms in total. The monoisotopic (exact) mass is 270 g/mol. The van der Waals surface area contributed by atoms with Crippen LogP contribution in [0.4, 0.5) is 4.39 Å². The van der Waals surface area contributed by atoms with Crippen molar-refractivity contribution in [2.45, 2.75) is 19.5 Å². The highest BCUT2D eigenvalue weighted by Gasteiger charge is 2.07. The summed E-state index contributed by atoms with van der Waals surface area (Å²) in [5.74, 6) is -0.382. The van der Waals surface area contributed by atoms with Crippen molar-refractivity contribution in [3.8, 4) is 0 Å². The molecule has 1 unspecified atom stereocenters. The smallest absolute Gasteiger partial charge is 0.142 e.